The number of hydrogen-bond acceptors (Lipinski definition) is 2. The maximum atomic E-state index is 9.23. The van der Waals surface area contributed by atoms with Gasteiger partial charge in [0.2, 0.25) is 0 Å². The van der Waals surface area contributed by atoms with Gasteiger partial charge in [-0.05, 0) is 38.7 Å². The van der Waals surface area contributed by atoms with Crippen LogP contribution in [0, 0.1) is 0 Å². The highest BCUT2D eigenvalue weighted by Gasteiger charge is 2.06. The number of rotatable bonds is 2. The normalized spacial score (nSPS) is 12.3. The zero-order chi connectivity index (χ0) is 9.14. The summed E-state index contributed by atoms with van der Waals surface area (Å²) in [7, 11) is 4.05. The Morgan fingerprint density at radius 3 is 2.38 bits per heavy atom. The number of nitrogens with zero attached hydrogens (tertiary/aromatic N) is 1. The average Bonchev–Trinajstić information content (AvgIpc) is 2.03. The molecule has 0 saturated carbocycles. The van der Waals surface area contributed by atoms with Gasteiger partial charge < -0.3 is 10.0 Å². The third kappa shape index (κ3) is 3.25. The van der Waals surface area contributed by atoms with Crippen molar-refractivity contribution < 1.29 is 5.11 Å². The van der Waals surface area contributed by atoms with Crippen molar-refractivity contribution in [2.75, 3.05) is 14.1 Å². The highest BCUT2D eigenvalue weighted by Crippen LogP contribution is 2.20. The van der Waals surface area contributed by atoms with Crippen LogP contribution in [-0.2, 0) is 0 Å². The number of hydrogen-bond donors (Lipinski definition) is 1. The third-order valence-electron chi connectivity index (χ3n) is 2.13. The SMILES string of the molecule is CC(c1cccc(O)c1)N(C)C.Cl. The van der Waals surface area contributed by atoms with Gasteiger partial charge in [0, 0.05) is 6.04 Å². The van der Waals surface area contributed by atoms with Crippen molar-refractivity contribution in [1.82, 2.24) is 4.90 Å². The standard InChI is InChI=1S/C10H15NO.ClH/c1-8(11(2)3)9-5-4-6-10(12)7-9;/h4-8,12H,1-3H3;1H. The van der Waals surface area contributed by atoms with Gasteiger partial charge in [0.15, 0.2) is 0 Å². The number of phenolic OH excluding ortho intramolecular Hbond substituents is 1. The molecule has 0 spiro atoms. The first-order valence-electron chi connectivity index (χ1n) is 4.06. The molecule has 1 N–H and O–H groups in total. The van der Waals surface area contributed by atoms with E-state index in [0.29, 0.717) is 11.8 Å². The Morgan fingerprint density at radius 1 is 1.31 bits per heavy atom. The van der Waals surface area contributed by atoms with E-state index >= 15 is 0 Å². The quantitative estimate of drug-likeness (QED) is 0.795. The van der Waals surface area contributed by atoms with Gasteiger partial charge >= 0.3 is 0 Å². The molecule has 13 heavy (non-hydrogen) atoms. The third-order valence-corrected chi connectivity index (χ3v) is 2.13. The Morgan fingerprint density at radius 2 is 1.92 bits per heavy atom. The van der Waals surface area contributed by atoms with E-state index in [-0.39, 0.29) is 12.4 Å². The van der Waals surface area contributed by atoms with Crippen LogP contribution < -0.4 is 0 Å². The molecule has 0 fully saturated rings. The molecule has 1 rings (SSSR count). The fourth-order valence-corrected chi connectivity index (χ4v) is 1.08. The summed E-state index contributed by atoms with van der Waals surface area (Å²) in [5, 5.41) is 9.23. The van der Waals surface area contributed by atoms with Crippen LogP contribution in [0.5, 0.6) is 5.75 Å². The molecule has 0 saturated heterocycles. The summed E-state index contributed by atoms with van der Waals surface area (Å²) in [6.45, 7) is 2.11. The number of aromatic hydroxyl groups is 1. The molecule has 1 unspecified atom stereocenters. The van der Waals surface area contributed by atoms with E-state index in [0.717, 1.165) is 5.56 Å². The fourth-order valence-electron chi connectivity index (χ4n) is 1.08. The lowest BCUT2D eigenvalue weighted by Crippen LogP contribution is -2.16. The van der Waals surface area contributed by atoms with Crippen LogP contribution in [0.3, 0.4) is 0 Å². The predicted octanol–water partition coefficient (Wildman–Crippen LogP) is 2.44. The van der Waals surface area contributed by atoms with Gasteiger partial charge in [0.05, 0.1) is 0 Å². The Balaban J connectivity index is 0.00000144. The molecular formula is C10H16ClNO. The first-order valence-corrected chi connectivity index (χ1v) is 4.06. The van der Waals surface area contributed by atoms with Gasteiger partial charge in [-0.3, -0.25) is 0 Å². The number of benzene rings is 1. The van der Waals surface area contributed by atoms with Gasteiger partial charge in [-0.2, -0.15) is 0 Å². The lowest BCUT2D eigenvalue weighted by atomic mass is 10.1. The minimum absolute atomic E-state index is 0. The zero-order valence-electron chi connectivity index (χ0n) is 8.19. The zero-order valence-corrected chi connectivity index (χ0v) is 9.01. The minimum atomic E-state index is 0. The molecule has 2 nitrogen and oxygen atoms in total. The Labute approximate surface area is 85.6 Å². The lowest BCUT2D eigenvalue weighted by molar-refractivity contribution is 0.320. The molecule has 0 amide bonds. The Hall–Kier alpha value is -0.730. The maximum absolute atomic E-state index is 9.23. The van der Waals surface area contributed by atoms with Crippen LogP contribution in [0.4, 0.5) is 0 Å². The molecule has 0 aliphatic heterocycles. The van der Waals surface area contributed by atoms with Crippen LogP contribution in [-0.4, -0.2) is 24.1 Å². The van der Waals surface area contributed by atoms with Gasteiger partial charge in [0.25, 0.3) is 0 Å². The minimum Gasteiger partial charge on any atom is -0.508 e. The molecule has 0 aliphatic rings. The van der Waals surface area contributed by atoms with E-state index in [1.165, 1.54) is 0 Å². The van der Waals surface area contributed by atoms with Crippen LogP contribution in [0.25, 0.3) is 0 Å². The Kier molecular flexibility index (Phi) is 4.81. The molecular weight excluding hydrogens is 186 g/mol. The second kappa shape index (κ2) is 5.10. The van der Waals surface area contributed by atoms with Crippen molar-refractivity contribution in [3.05, 3.63) is 29.8 Å². The molecule has 0 heterocycles. The van der Waals surface area contributed by atoms with Gasteiger partial charge in [0.1, 0.15) is 5.75 Å². The molecule has 1 atom stereocenters. The summed E-state index contributed by atoms with van der Waals surface area (Å²) in [4.78, 5) is 2.11. The van der Waals surface area contributed by atoms with Crippen LogP contribution in [0.2, 0.25) is 0 Å². The topological polar surface area (TPSA) is 23.5 Å². The van der Waals surface area contributed by atoms with Crippen LogP contribution in [0.1, 0.15) is 18.5 Å². The molecule has 1 aromatic rings. The maximum Gasteiger partial charge on any atom is 0.115 e. The van der Waals surface area contributed by atoms with Crippen molar-refractivity contribution in [2.45, 2.75) is 13.0 Å². The molecule has 74 valence electrons. The molecule has 0 aromatic heterocycles. The molecule has 0 bridgehead atoms. The van der Waals surface area contributed by atoms with E-state index in [2.05, 4.69) is 11.8 Å². The highest BCUT2D eigenvalue weighted by atomic mass is 35.5. The smallest absolute Gasteiger partial charge is 0.115 e. The molecule has 3 heteroatoms. The van der Waals surface area contributed by atoms with Crippen LogP contribution in [0.15, 0.2) is 24.3 Å². The van der Waals surface area contributed by atoms with E-state index in [1.54, 1.807) is 12.1 Å². The summed E-state index contributed by atoms with van der Waals surface area (Å²) in [6.07, 6.45) is 0. The first kappa shape index (κ1) is 12.3. The second-order valence-electron chi connectivity index (χ2n) is 3.23. The first-order chi connectivity index (χ1) is 5.61. The molecule has 0 aliphatic carbocycles. The van der Waals surface area contributed by atoms with Gasteiger partial charge in [-0.15, -0.1) is 12.4 Å². The lowest BCUT2D eigenvalue weighted by Gasteiger charge is -2.19. The van der Waals surface area contributed by atoms with Crippen molar-refractivity contribution >= 4 is 12.4 Å². The largest absolute Gasteiger partial charge is 0.508 e. The summed E-state index contributed by atoms with van der Waals surface area (Å²) in [5.41, 5.74) is 1.14. The summed E-state index contributed by atoms with van der Waals surface area (Å²) in [6, 6.07) is 7.71. The average molecular weight is 202 g/mol. The number of phenols is 1. The van der Waals surface area contributed by atoms with Crippen molar-refractivity contribution in [3.63, 3.8) is 0 Å². The summed E-state index contributed by atoms with van der Waals surface area (Å²) in [5.74, 6) is 0.334. The van der Waals surface area contributed by atoms with E-state index in [4.69, 9.17) is 0 Å². The van der Waals surface area contributed by atoms with E-state index < -0.39 is 0 Å². The monoisotopic (exact) mass is 201 g/mol. The van der Waals surface area contributed by atoms with E-state index in [1.807, 2.05) is 26.2 Å². The van der Waals surface area contributed by atoms with Gasteiger partial charge in [-0.25, -0.2) is 0 Å². The Bertz CT molecular complexity index is 263. The number of halogens is 1. The molecule has 0 radical (unpaired) electrons. The van der Waals surface area contributed by atoms with Crippen molar-refractivity contribution in [2.24, 2.45) is 0 Å². The highest BCUT2D eigenvalue weighted by molar-refractivity contribution is 5.85. The van der Waals surface area contributed by atoms with Crippen LogP contribution >= 0.6 is 12.4 Å². The fraction of sp³-hybridized carbons (Fsp3) is 0.400. The summed E-state index contributed by atoms with van der Waals surface area (Å²) < 4.78 is 0. The van der Waals surface area contributed by atoms with Crippen molar-refractivity contribution in [1.29, 1.82) is 0 Å². The van der Waals surface area contributed by atoms with E-state index in [9.17, 15) is 5.11 Å². The second-order valence-corrected chi connectivity index (χ2v) is 3.23. The molecule has 1 aromatic carbocycles. The van der Waals surface area contributed by atoms with Gasteiger partial charge in [-0.1, -0.05) is 12.1 Å². The van der Waals surface area contributed by atoms with Crippen molar-refractivity contribution in [3.8, 4) is 5.75 Å². The predicted molar refractivity (Wildman–Crippen MR) is 57.5 cm³/mol. The summed E-state index contributed by atoms with van der Waals surface area (Å²) >= 11 is 0.